The minimum atomic E-state index is -1.03. The highest BCUT2D eigenvalue weighted by molar-refractivity contribution is 6.03. The lowest BCUT2D eigenvalue weighted by Gasteiger charge is -2.56. The summed E-state index contributed by atoms with van der Waals surface area (Å²) in [6, 6.07) is 14.9. The van der Waals surface area contributed by atoms with Gasteiger partial charge in [0.25, 0.3) is 0 Å². The Morgan fingerprint density at radius 3 is 2.32 bits per heavy atom. The van der Waals surface area contributed by atoms with Gasteiger partial charge >= 0.3 is 12.0 Å². The van der Waals surface area contributed by atoms with E-state index in [9.17, 15) is 14.4 Å². The van der Waals surface area contributed by atoms with Crippen LogP contribution in [0.25, 0.3) is 0 Å². The summed E-state index contributed by atoms with van der Waals surface area (Å²) in [6.07, 6.45) is 0.518. The molecule has 2 N–H and O–H groups in total. The van der Waals surface area contributed by atoms with Crippen LogP contribution in [0.3, 0.4) is 0 Å². The Morgan fingerprint density at radius 1 is 1.13 bits per heavy atom. The Labute approximate surface area is 182 Å². The zero-order chi connectivity index (χ0) is 22.6. The van der Waals surface area contributed by atoms with Crippen LogP contribution in [0, 0.1) is 11.3 Å². The lowest BCUT2D eigenvalue weighted by molar-refractivity contribution is -0.200. The van der Waals surface area contributed by atoms with Crippen molar-refractivity contribution in [3.05, 3.63) is 65.7 Å². The molecule has 7 nitrogen and oxygen atoms in total. The minimum Gasteiger partial charge on any atom is -0.478 e. The second-order valence-electron chi connectivity index (χ2n) is 7.82. The maximum atomic E-state index is 13.2. The smallest absolute Gasteiger partial charge is 0.335 e. The molecule has 7 heteroatoms. The minimum absolute atomic E-state index is 0.00599. The van der Waals surface area contributed by atoms with Crippen molar-refractivity contribution >= 4 is 17.9 Å². The molecule has 1 unspecified atom stereocenters. The van der Waals surface area contributed by atoms with E-state index >= 15 is 0 Å². The van der Waals surface area contributed by atoms with E-state index in [2.05, 4.69) is 5.32 Å². The van der Waals surface area contributed by atoms with Crippen LogP contribution in [-0.4, -0.2) is 34.1 Å². The average molecular weight is 424 g/mol. The number of rotatable bonds is 8. The number of hydrogen-bond acceptors (Lipinski definition) is 4. The molecule has 0 bridgehead atoms. The van der Waals surface area contributed by atoms with Crippen LogP contribution in [0.5, 0.6) is 5.75 Å². The largest absolute Gasteiger partial charge is 0.478 e. The molecule has 3 rings (SSSR count). The van der Waals surface area contributed by atoms with Crippen LogP contribution in [0.4, 0.5) is 4.79 Å². The lowest BCUT2D eigenvalue weighted by Crippen LogP contribution is -2.75. The molecule has 0 aromatic heterocycles. The van der Waals surface area contributed by atoms with Gasteiger partial charge in [0.15, 0.2) is 6.23 Å². The van der Waals surface area contributed by atoms with E-state index < -0.39 is 23.6 Å². The zero-order valence-corrected chi connectivity index (χ0v) is 18.0. The summed E-state index contributed by atoms with van der Waals surface area (Å²) in [5.41, 5.74) is 0.247. The molecule has 3 amide bonds. The van der Waals surface area contributed by atoms with Gasteiger partial charge in [-0.25, -0.2) is 14.5 Å². The molecule has 1 fully saturated rings. The number of nitrogens with zero attached hydrogens (tertiary/aromatic N) is 1. The van der Waals surface area contributed by atoms with E-state index in [1.807, 2.05) is 51.1 Å². The Bertz CT molecular complexity index is 944. The van der Waals surface area contributed by atoms with Gasteiger partial charge in [-0.3, -0.25) is 4.79 Å². The van der Waals surface area contributed by atoms with E-state index in [1.165, 1.54) is 12.1 Å². The van der Waals surface area contributed by atoms with E-state index in [-0.39, 0.29) is 17.4 Å². The van der Waals surface area contributed by atoms with Gasteiger partial charge in [0.05, 0.1) is 5.56 Å². The molecule has 2 aromatic carbocycles. The summed E-state index contributed by atoms with van der Waals surface area (Å²) in [4.78, 5) is 38.4. The predicted octanol–water partition coefficient (Wildman–Crippen LogP) is 4.28. The molecule has 0 saturated carbocycles. The molecule has 0 aliphatic carbocycles. The molecular formula is C24H28N2O5. The summed E-state index contributed by atoms with van der Waals surface area (Å²) < 4.78 is 6.12. The number of carboxylic acid groups (broad SMARTS) is 1. The molecule has 2 aromatic rings. The third-order valence-electron chi connectivity index (χ3n) is 6.22. The molecule has 1 aliphatic rings. The first-order valence-corrected chi connectivity index (χ1v) is 10.5. The average Bonchev–Trinajstić information content (AvgIpc) is 2.79. The Morgan fingerprint density at radius 2 is 1.77 bits per heavy atom. The van der Waals surface area contributed by atoms with Crippen molar-refractivity contribution in [3.63, 3.8) is 0 Å². The van der Waals surface area contributed by atoms with Gasteiger partial charge in [-0.15, -0.1) is 0 Å². The van der Waals surface area contributed by atoms with E-state index in [4.69, 9.17) is 9.84 Å². The first-order valence-electron chi connectivity index (χ1n) is 10.5. The summed E-state index contributed by atoms with van der Waals surface area (Å²) in [6.45, 7) is 6.22. The highest BCUT2D eigenvalue weighted by Crippen LogP contribution is 2.50. The first kappa shape index (κ1) is 22.3. The van der Waals surface area contributed by atoms with Gasteiger partial charge in [-0.2, -0.15) is 0 Å². The molecule has 3 atom stereocenters. The number of amides is 3. The first-order chi connectivity index (χ1) is 14.8. The molecule has 0 spiro atoms. The van der Waals surface area contributed by atoms with Gasteiger partial charge in [0.1, 0.15) is 11.2 Å². The number of likely N-dealkylation sites (tertiary alicyclic amines) is 1. The van der Waals surface area contributed by atoms with Crippen LogP contribution in [-0.2, 0) is 11.3 Å². The molecule has 1 saturated heterocycles. The van der Waals surface area contributed by atoms with Crippen LogP contribution in [0.15, 0.2) is 54.6 Å². The summed E-state index contributed by atoms with van der Waals surface area (Å²) in [5, 5.41) is 11.9. The lowest BCUT2D eigenvalue weighted by atomic mass is 9.64. The SMILES string of the molecule is CCC(C)[C@]1(CC)C(=O)N(C(=O)NCc2ccccc2)[C@H]1Oc1ccc(C(=O)O)cc1. The van der Waals surface area contributed by atoms with E-state index in [1.54, 1.807) is 12.1 Å². The van der Waals surface area contributed by atoms with Crippen molar-refractivity contribution in [1.82, 2.24) is 10.2 Å². The molecular weight excluding hydrogens is 396 g/mol. The van der Waals surface area contributed by atoms with Gasteiger partial charge in [0.2, 0.25) is 5.91 Å². The van der Waals surface area contributed by atoms with Crippen molar-refractivity contribution in [2.45, 2.75) is 46.4 Å². The number of imide groups is 1. The summed E-state index contributed by atoms with van der Waals surface area (Å²) in [5.74, 6) is -0.868. The van der Waals surface area contributed by atoms with E-state index in [0.717, 1.165) is 16.9 Å². The number of ether oxygens (including phenoxy) is 1. The number of aromatic carboxylic acids is 1. The van der Waals surface area contributed by atoms with Crippen molar-refractivity contribution in [2.75, 3.05) is 0 Å². The molecule has 164 valence electrons. The standard InChI is InChI=1S/C24H28N2O5/c1-4-16(3)24(5-2)21(29)26(23(30)25-15-17-9-7-6-8-10-17)22(24)31-19-13-11-18(12-14-19)20(27)28/h6-14,16,22H,4-5,15H2,1-3H3,(H,25,30)(H,27,28)/t16?,22-,24+/m0/s1. The van der Waals surface area contributed by atoms with Gasteiger partial charge in [-0.05, 0) is 42.2 Å². The van der Waals surface area contributed by atoms with Crippen molar-refractivity contribution in [1.29, 1.82) is 0 Å². The fraction of sp³-hybridized carbons (Fsp3) is 0.375. The number of hydrogen-bond donors (Lipinski definition) is 2. The van der Waals surface area contributed by atoms with Crippen LogP contribution < -0.4 is 10.1 Å². The van der Waals surface area contributed by atoms with Crippen LogP contribution in [0.2, 0.25) is 0 Å². The quantitative estimate of drug-likeness (QED) is 0.617. The molecule has 0 radical (unpaired) electrons. The van der Waals surface area contributed by atoms with Gasteiger partial charge in [0, 0.05) is 6.54 Å². The van der Waals surface area contributed by atoms with E-state index in [0.29, 0.717) is 18.7 Å². The van der Waals surface area contributed by atoms with Crippen LogP contribution in [0.1, 0.15) is 49.5 Å². The maximum absolute atomic E-state index is 13.2. The number of carboxylic acids is 1. The fourth-order valence-corrected chi connectivity index (χ4v) is 4.11. The number of urea groups is 1. The third kappa shape index (κ3) is 4.13. The fourth-order valence-electron chi connectivity index (χ4n) is 4.11. The second-order valence-corrected chi connectivity index (χ2v) is 7.82. The summed E-state index contributed by atoms with van der Waals surface area (Å²) >= 11 is 0. The highest BCUT2D eigenvalue weighted by atomic mass is 16.5. The van der Waals surface area contributed by atoms with Crippen molar-refractivity contribution in [3.8, 4) is 5.75 Å². The predicted molar refractivity (Wildman–Crippen MR) is 116 cm³/mol. The normalized spacial score (nSPS) is 21.2. The topological polar surface area (TPSA) is 95.9 Å². The molecule has 1 aliphatic heterocycles. The third-order valence-corrected chi connectivity index (χ3v) is 6.22. The Kier molecular flexibility index (Phi) is 6.63. The van der Waals surface area contributed by atoms with Crippen molar-refractivity contribution in [2.24, 2.45) is 11.3 Å². The number of β-lactam (4-membered cyclic amide) rings is 1. The Balaban J connectivity index is 1.83. The van der Waals surface area contributed by atoms with Crippen LogP contribution >= 0.6 is 0 Å². The number of carbonyl (C=O) groups is 3. The Hall–Kier alpha value is -3.35. The van der Waals surface area contributed by atoms with Gasteiger partial charge in [-0.1, -0.05) is 57.5 Å². The summed E-state index contributed by atoms with van der Waals surface area (Å²) in [7, 11) is 0. The second kappa shape index (κ2) is 9.20. The highest BCUT2D eigenvalue weighted by Gasteiger charge is 2.65. The molecule has 31 heavy (non-hydrogen) atoms. The number of benzene rings is 2. The number of carbonyl (C=O) groups excluding carboxylic acids is 2. The monoisotopic (exact) mass is 424 g/mol. The van der Waals surface area contributed by atoms with Gasteiger partial charge < -0.3 is 15.2 Å². The van der Waals surface area contributed by atoms with Crippen molar-refractivity contribution < 1.29 is 24.2 Å². The zero-order valence-electron chi connectivity index (χ0n) is 18.0. The maximum Gasteiger partial charge on any atom is 0.335 e. The number of nitrogens with one attached hydrogen (secondary N) is 1. The molecule has 1 heterocycles.